The number of carbonyl (C=O) groups excluding carboxylic acids is 2. The number of hydrogen-bond donors (Lipinski definition) is 5. The highest BCUT2D eigenvalue weighted by Gasteiger charge is 2.62. The van der Waals surface area contributed by atoms with Crippen LogP contribution in [0.25, 0.3) is 0 Å². The molecule has 0 radical (unpaired) electrons. The van der Waals surface area contributed by atoms with Gasteiger partial charge >= 0.3 is 23.7 Å². The lowest BCUT2D eigenvalue weighted by molar-refractivity contribution is -0.723. The quantitative estimate of drug-likeness (QED) is 0.0337. The van der Waals surface area contributed by atoms with Crippen LogP contribution < -0.4 is 46.4 Å². The van der Waals surface area contributed by atoms with Crippen LogP contribution in [-0.2, 0) is 6.54 Å². The van der Waals surface area contributed by atoms with Crippen molar-refractivity contribution in [3.8, 4) is 17.2 Å². The summed E-state index contributed by atoms with van der Waals surface area (Å²) in [5.41, 5.74) is 18.5. The number of likely N-dealkylation sites (tertiary alicyclic amines) is 1. The normalized spacial score (nSPS) is 18.9. The summed E-state index contributed by atoms with van der Waals surface area (Å²) in [5.74, 6) is -1.45. The number of imide groups is 1. The Bertz CT molecular complexity index is 2270. The highest BCUT2D eigenvalue weighted by atomic mass is 16.5. The monoisotopic (exact) mass is 830 g/mol. The number of guanidine groups is 1. The predicted octanol–water partition coefficient (Wildman–Crippen LogP) is 5.65. The number of amides is 2. The minimum Gasteiger partial charge on any atom is -0.492 e. The molecule has 0 spiro atoms. The zero-order valence-electron chi connectivity index (χ0n) is 35.4. The van der Waals surface area contributed by atoms with Gasteiger partial charge in [0.25, 0.3) is 0 Å². The molecule has 2 unspecified atom stereocenters. The number of anilines is 3. The number of hydrogen-bond acceptors (Lipinski definition) is 14. The first-order valence-corrected chi connectivity index (χ1v) is 20.5. The molecule has 2 amide bonds. The van der Waals surface area contributed by atoms with Gasteiger partial charge in [0.05, 0.1) is 24.0 Å². The Balaban J connectivity index is 1.19. The lowest BCUT2D eigenvalue weighted by Gasteiger charge is -2.33. The molecule has 16 heteroatoms. The van der Waals surface area contributed by atoms with Gasteiger partial charge in [0.2, 0.25) is 0 Å². The summed E-state index contributed by atoms with van der Waals surface area (Å²) >= 11 is 0. The Hall–Kier alpha value is -6.46. The minimum atomic E-state index is -1.78. The smallest absolute Gasteiger partial charge is 0.380 e. The number of aliphatic imine (C=N–C) groups is 1. The molecule has 7 rings (SSSR count). The predicted molar refractivity (Wildman–Crippen MR) is 236 cm³/mol. The second-order valence-electron chi connectivity index (χ2n) is 16.2. The zero-order chi connectivity index (χ0) is 43.0. The van der Waals surface area contributed by atoms with Crippen LogP contribution in [0, 0.1) is 0 Å². The van der Waals surface area contributed by atoms with Gasteiger partial charge in [-0.25, -0.2) is 14.6 Å². The van der Waals surface area contributed by atoms with Gasteiger partial charge in [-0.2, -0.15) is 10.4 Å². The fraction of sp³-hybridized carbons (Fsp3) is 0.333. The Kier molecular flexibility index (Phi) is 12.9. The maximum absolute atomic E-state index is 15.0. The number of aromatic nitrogens is 2. The van der Waals surface area contributed by atoms with Crippen molar-refractivity contribution in [3.05, 3.63) is 127 Å². The van der Waals surface area contributed by atoms with E-state index in [1.54, 1.807) is 55.0 Å². The molecule has 0 bridgehead atoms. The molecule has 0 aliphatic carbocycles. The minimum absolute atomic E-state index is 0.199. The standard InChI is InChI=1S/C45H56N11O5/c1-44(2,3)61-40-17-11-33(12-18-40)41(57)56(42(58)34-9-8-10-37(31-34)53(4)5)43(46)49-45(52-56,48-35-13-19-38(20-14-35)60-30-28-55-26-23-47-32-55)51-50-36-15-21-39(22-16-36)59-29-27-54-24-6-7-25-54/h8-23,26,31-32,48,50-52H,6-7,24-25,27-30H2,1-5H3,(H2,46,49)/q+1. The molecule has 1 aromatic heterocycles. The summed E-state index contributed by atoms with van der Waals surface area (Å²) in [7, 11) is 3.75. The second-order valence-corrected chi connectivity index (χ2v) is 16.2. The van der Waals surface area contributed by atoms with Gasteiger partial charge in [0.1, 0.15) is 36.1 Å². The Morgan fingerprint density at radius 3 is 2.08 bits per heavy atom. The molecule has 1 fully saturated rings. The number of nitrogens with zero attached hydrogens (tertiary/aromatic N) is 6. The van der Waals surface area contributed by atoms with E-state index < -0.39 is 27.9 Å². The highest BCUT2D eigenvalue weighted by molar-refractivity contribution is 6.10. The molecule has 1 saturated heterocycles. The van der Waals surface area contributed by atoms with Crippen LogP contribution in [0.4, 0.5) is 17.1 Å². The molecule has 4 aromatic carbocycles. The molecule has 2 aliphatic heterocycles. The summed E-state index contributed by atoms with van der Waals surface area (Å²) < 4.78 is 18.8. The van der Waals surface area contributed by atoms with Crippen molar-refractivity contribution in [2.24, 2.45) is 10.7 Å². The molecule has 6 N–H and O–H groups in total. The third-order valence-corrected chi connectivity index (χ3v) is 10.2. The number of hydrazine groups is 1. The van der Waals surface area contributed by atoms with E-state index in [0.29, 0.717) is 42.6 Å². The number of ether oxygens (including phenoxy) is 3. The van der Waals surface area contributed by atoms with E-state index in [9.17, 15) is 0 Å². The van der Waals surface area contributed by atoms with Gasteiger partial charge < -0.3 is 40.2 Å². The van der Waals surface area contributed by atoms with Crippen LogP contribution in [0.15, 0.2) is 121 Å². The van der Waals surface area contributed by atoms with Gasteiger partial charge in [-0.1, -0.05) is 11.5 Å². The lowest BCUT2D eigenvalue weighted by atomic mass is 10.1. The average molecular weight is 831 g/mol. The number of rotatable bonds is 17. The van der Waals surface area contributed by atoms with Crippen LogP contribution in [0.5, 0.6) is 17.2 Å². The number of carbonyl (C=O) groups is 2. The molecular formula is C45H56N11O5+. The molecule has 5 aromatic rings. The van der Waals surface area contributed by atoms with Crippen molar-refractivity contribution in [1.29, 1.82) is 0 Å². The van der Waals surface area contributed by atoms with Crippen LogP contribution in [0.3, 0.4) is 0 Å². The zero-order valence-corrected chi connectivity index (χ0v) is 35.4. The number of nitrogens with one attached hydrogen (secondary N) is 4. The topological polar surface area (TPSA) is 173 Å². The maximum Gasteiger partial charge on any atom is 0.380 e. The summed E-state index contributed by atoms with van der Waals surface area (Å²) in [6.45, 7) is 10.6. The van der Waals surface area contributed by atoms with E-state index in [1.165, 1.54) is 12.8 Å². The highest BCUT2D eigenvalue weighted by Crippen LogP contribution is 2.30. The van der Waals surface area contributed by atoms with Gasteiger partial charge in [0.15, 0.2) is 0 Å². The van der Waals surface area contributed by atoms with Gasteiger partial charge in [-0.3, -0.25) is 4.90 Å². The third-order valence-electron chi connectivity index (χ3n) is 10.2. The summed E-state index contributed by atoms with van der Waals surface area (Å²) in [4.78, 5) is 43.2. The molecule has 3 heterocycles. The van der Waals surface area contributed by atoms with E-state index in [2.05, 4.69) is 31.5 Å². The third kappa shape index (κ3) is 10.5. The Morgan fingerprint density at radius 1 is 0.836 bits per heavy atom. The van der Waals surface area contributed by atoms with E-state index in [1.807, 2.05) is 105 Å². The Labute approximate surface area is 356 Å². The lowest BCUT2D eigenvalue weighted by Crippen LogP contribution is -2.74. The Morgan fingerprint density at radius 2 is 1.46 bits per heavy atom. The van der Waals surface area contributed by atoms with Crippen LogP contribution in [0.1, 0.15) is 54.3 Å². The molecule has 2 atom stereocenters. The van der Waals surface area contributed by atoms with Crippen molar-refractivity contribution in [3.63, 3.8) is 0 Å². The first-order chi connectivity index (χ1) is 29.3. The average Bonchev–Trinajstić information content (AvgIpc) is 4.03. The molecule has 0 saturated carbocycles. The van der Waals surface area contributed by atoms with Crippen molar-refractivity contribution < 1.29 is 28.4 Å². The fourth-order valence-corrected chi connectivity index (χ4v) is 7.07. The number of imidazole rings is 1. The largest absolute Gasteiger partial charge is 0.492 e. The van der Waals surface area contributed by atoms with E-state index in [-0.39, 0.29) is 17.1 Å². The molecule has 320 valence electrons. The molecule has 2 aliphatic rings. The van der Waals surface area contributed by atoms with E-state index >= 15 is 9.59 Å². The van der Waals surface area contributed by atoms with E-state index in [4.69, 9.17) is 24.9 Å². The van der Waals surface area contributed by atoms with Crippen molar-refractivity contribution >= 4 is 34.8 Å². The number of quaternary nitrogens is 1. The summed E-state index contributed by atoms with van der Waals surface area (Å²) in [5, 5.41) is 3.36. The van der Waals surface area contributed by atoms with Gasteiger partial charge in [0, 0.05) is 50.1 Å². The van der Waals surface area contributed by atoms with Crippen molar-refractivity contribution in [2.75, 3.05) is 62.6 Å². The number of benzene rings is 4. The van der Waals surface area contributed by atoms with Crippen LogP contribution in [0.2, 0.25) is 0 Å². The molecule has 61 heavy (non-hydrogen) atoms. The van der Waals surface area contributed by atoms with Gasteiger partial charge in [-0.15, -0.1) is 0 Å². The van der Waals surface area contributed by atoms with Crippen molar-refractivity contribution in [1.82, 2.24) is 25.3 Å². The van der Waals surface area contributed by atoms with Crippen LogP contribution in [-0.4, -0.2) is 95.3 Å². The second kappa shape index (κ2) is 18.4. The molecule has 16 nitrogen and oxygen atoms in total. The van der Waals surface area contributed by atoms with Crippen LogP contribution >= 0.6 is 0 Å². The fourth-order valence-electron chi connectivity index (χ4n) is 7.07. The van der Waals surface area contributed by atoms with Gasteiger partial charge in [-0.05, 0) is 142 Å². The van der Waals surface area contributed by atoms with Crippen molar-refractivity contribution in [2.45, 2.75) is 51.7 Å². The maximum atomic E-state index is 15.0. The summed E-state index contributed by atoms with van der Waals surface area (Å²) in [6.07, 6.45) is 7.79. The van der Waals surface area contributed by atoms with E-state index in [0.717, 1.165) is 31.1 Å². The SMILES string of the molecule is CN(C)c1cccc(C(=O)[N+]2(C(=O)c3ccc(OC(C)(C)C)cc3)NC(NNc3ccc(OCCN4CCCC4)cc3)(Nc3ccc(OCCn4ccnc4)cc3)N=C2N)c1. The summed E-state index contributed by atoms with van der Waals surface area (Å²) in [6, 6.07) is 28.3. The first kappa shape index (κ1) is 42.7. The molecular weight excluding hydrogens is 775 g/mol. The first-order valence-electron chi connectivity index (χ1n) is 20.5. The number of nitrogens with two attached hydrogens (primary N) is 1.